The summed E-state index contributed by atoms with van der Waals surface area (Å²) in [6.45, 7) is 6.58. The number of carbonyl (C=O) groups is 1. The van der Waals surface area contributed by atoms with Gasteiger partial charge in [0.15, 0.2) is 0 Å². The number of fused-ring (bicyclic) bond motifs is 1. The minimum atomic E-state index is -0.353. The van der Waals surface area contributed by atoms with Crippen molar-refractivity contribution in [2.75, 3.05) is 19.0 Å². The number of nitrogens with zero attached hydrogens (tertiary/aromatic N) is 3. The first-order valence-corrected chi connectivity index (χ1v) is 11.2. The van der Waals surface area contributed by atoms with Crippen molar-refractivity contribution in [2.24, 2.45) is 0 Å². The van der Waals surface area contributed by atoms with Crippen LogP contribution in [0, 0.1) is 0 Å². The van der Waals surface area contributed by atoms with Gasteiger partial charge in [-0.3, -0.25) is 15.1 Å². The molecule has 1 aliphatic rings. The monoisotopic (exact) mass is 450 g/mol. The number of anilines is 1. The Bertz CT molecular complexity index is 1200. The van der Waals surface area contributed by atoms with Crippen molar-refractivity contribution in [3.05, 3.63) is 63.2 Å². The molecule has 9 heteroatoms. The minimum Gasteiger partial charge on any atom is -0.497 e. The predicted octanol–water partition coefficient (Wildman–Crippen LogP) is 3.11. The number of rotatable bonds is 6. The molecule has 2 aromatic heterocycles. The number of aryl methyl sites for hydroxylation is 1. The Morgan fingerprint density at radius 2 is 1.97 bits per heavy atom. The topological polar surface area (TPSA) is 114 Å². The van der Waals surface area contributed by atoms with Crippen molar-refractivity contribution in [1.29, 1.82) is 0 Å². The van der Waals surface area contributed by atoms with Crippen LogP contribution in [0.1, 0.15) is 49.7 Å². The van der Waals surface area contributed by atoms with Gasteiger partial charge in [0, 0.05) is 23.6 Å². The second-order valence-electron chi connectivity index (χ2n) is 9.22. The maximum Gasteiger partial charge on any atom is 0.320 e. The fourth-order valence-corrected chi connectivity index (χ4v) is 3.80. The number of hydrogen-bond acceptors (Lipinski definition) is 5. The van der Waals surface area contributed by atoms with Gasteiger partial charge in [-0.2, -0.15) is 9.78 Å². The third kappa shape index (κ3) is 5.08. The largest absolute Gasteiger partial charge is 0.497 e. The third-order valence-corrected chi connectivity index (χ3v) is 5.71. The Morgan fingerprint density at radius 1 is 1.21 bits per heavy atom. The van der Waals surface area contributed by atoms with E-state index in [4.69, 9.17) is 4.74 Å². The predicted molar refractivity (Wildman–Crippen MR) is 126 cm³/mol. The molecule has 1 aliphatic carbocycles. The van der Waals surface area contributed by atoms with E-state index in [9.17, 15) is 9.59 Å². The standard InChI is InChI=1S/C24H30N6O3/c1-24(2,3)19-14-20(27-23(32)25-13-12-15-8-10-16(33-4)11-9-15)30(29-19)22-26-18-7-5-6-17(18)21(31)28-22/h8-11,14H,5-7,12-13H2,1-4H3,(H2,25,27,32)(H,26,28,31). The lowest BCUT2D eigenvalue weighted by molar-refractivity contribution is 0.252. The van der Waals surface area contributed by atoms with E-state index in [2.05, 4.69) is 25.7 Å². The Hall–Kier alpha value is -3.62. The molecular weight excluding hydrogens is 420 g/mol. The molecule has 0 spiro atoms. The highest BCUT2D eigenvalue weighted by atomic mass is 16.5. The molecule has 0 unspecified atom stereocenters. The second-order valence-corrected chi connectivity index (χ2v) is 9.22. The highest BCUT2D eigenvalue weighted by molar-refractivity contribution is 5.88. The number of methoxy groups -OCH3 is 1. The van der Waals surface area contributed by atoms with Gasteiger partial charge in [0.25, 0.3) is 5.56 Å². The van der Waals surface area contributed by atoms with E-state index in [1.54, 1.807) is 7.11 Å². The summed E-state index contributed by atoms with van der Waals surface area (Å²) >= 11 is 0. The number of hydrogen-bond donors (Lipinski definition) is 3. The summed E-state index contributed by atoms with van der Waals surface area (Å²) in [7, 11) is 1.63. The van der Waals surface area contributed by atoms with Crippen molar-refractivity contribution in [2.45, 2.75) is 51.9 Å². The molecule has 1 aromatic carbocycles. The van der Waals surface area contributed by atoms with Gasteiger partial charge in [-0.25, -0.2) is 9.78 Å². The van der Waals surface area contributed by atoms with Gasteiger partial charge in [0.05, 0.1) is 18.5 Å². The van der Waals surface area contributed by atoms with Gasteiger partial charge in [-0.15, -0.1) is 0 Å². The van der Waals surface area contributed by atoms with E-state index < -0.39 is 0 Å². The van der Waals surface area contributed by atoms with Gasteiger partial charge >= 0.3 is 6.03 Å². The van der Waals surface area contributed by atoms with Crippen LogP contribution in [-0.4, -0.2) is 39.4 Å². The molecule has 33 heavy (non-hydrogen) atoms. The van der Waals surface area contributed by atoms with Crippen LogP contribution in [0.2, 0.25) is 0 Å². The molecule has 3 aromatic rings. The van der Waals surface area contributed by atoms with E-state index in [1.165, 1.54) is 4.68 Å². The van der Waals surface area contributed by atoms with Crippen LogP contribution >= 0.6 is 0 Å². The average molecular weight is 451 g/mol. The number of carbonyl (C=O) groups excluding carboxylic acids is 1. The van der Waals surface area contributed by atoms with Crippen LogP contribution < -0.4 is 20.9 Å². The average Bonchev–Trinajstić information content (AvgIpc) is 3.41. The maximum atomic E-state index is 12.6. The fraction of sp³-hybridized carbons (Fsp3) is 0.417. The lowest BCUT2D eigenvalue weighted by atomic mass is 9.92. The summed E-state index contributed by atoms with van der Waals surface area (Å²) in [5.41, 5.74) is 3.03. The van der Waals surface area contributed by atoms with Gasteiger partial charge in [-0.05, 0) is 43.4 Å². The Balaban J connectivity index is 1.50. The molecule has 3 N–H and O–H groups in total. The summed E-state index contributed by atoms with van der Waals surface area (Å²) < 4.78 is 6.67. The summed E-state index contributed by atoms with van der Waals surface area (Å²) in [6, 6.07) is 9.20. The number of ether oxygens (including phenoxy) is 1. The first-order valence-electron chi connectivity index (χ1n) is 11.2. The molecule has 0 fully saturated rings. The van der Waals surface area contributed by atoms with E-state index in [0.717, 1.165) is 47.5 Å². The van der Waals surface area contributed by atoms with Gasteiger partial charge < -0.3 is 10.1 Å². The lowest BCUT2D eigenvalue weighted by Crippen LogP contribution is -2.31. The first-order chi connectivity index (χ1) is 15.7. The molecule has 174 valence electrons. The van der Waals surface area contributed by atoms with Crippen molar-refractivity contribution in [3.63, 3.8) is 0 Å². The zero-order valence-electron chi connectivity index (χ0n) is 19.5. The zero-order valence-corrected chi connectivity index (χ0v) is 19.5. The Kier molecular flexibility index (Phi) is 6.22. The van der Waals surface area contributed by atoms with Crippen molar-refractivity contribution >= 4 is 11.8 Å². The molecule has 0 aliphatic heterocycles. The summed E-state index contributed by atoms with van der Waals surface area (Å²) in [5.74, 6) is 1.55. The highest BCUT2D eigenvalue weighted by Gasteiger charge is 2.24. The number of amides is 2. The van der Waals surface area contributed by atoms with E-state index in [0.29, 0.717) is 24.7 Å². The minimum absolute atomic E-state index is 0.143. The second kappa shape index (κ2) is 9.09. The molecule has 2 amide bonds. The first kappa shape index (κ1) is 22.6. The van der Waals surface area contributed by atoms with E-state index >= 15 is 0 Å². The molecule has 2 heterocycles. The molecular formula is C24H30N6O3. The van der Waals surface area contributed by atoms with E-state index in [1.807, 2.05) is 51.1 Å². The summed E-state index contributed by atoms with van der Waals surface area (Å²) in [6.07, 6.45) is 3.12. The summed E-state index contributed by atoms with van der Waals surface area (Å²) in [4.78, 5) is 32.6. The van der Waals surface area contributed by atoms with Gasteiger partial charge in [-0.1, -0.05) is 32.9 Å². The molecule has 0 saturated carbocycles. The number of aromatic nitrogens is 4. The molecule has 0 atom stereocenters. The molecule has 9 nitrogen and oxygen atoms in total. The number of H-pyrrole nitrogens is 1. The summed E-state index contributed by atoms with van der Waals surface area (Å²) in [5, 5.41) is 10.4. The van der Waals surface area contributed by atoms with Crippen molar-refractivity contribution in [3.8, 4) is 11.7 Å². The molecule has 4 rings (SSSR count). The fourth-order valence-electron chi connectivity index (χ4n) is 3.80. The number of nitrogens with one attached hydrogen (secondary N) is 3. The van der Waals surface area contributed by atoms with Crippen LogP contribution in [0.5, 0.6) is 5.75 Å². The molecule has 0 saturated heterocycles. The van der Waals surface area contributed by atoms with Crippen LogP contribution in [0.3, 0.4) is 0 Å². The number of benzene rings is 1. The van der Waals surface area contributed by atoms with Crippen LogP contribution in [-0.2, 0) is 24.7 Å². The van der Waals surface area contributed by atoms with Crippen LogP contribution in [0.15, 0.2) is 35.1 Å². The number of urea groups is 1. The zero-order chi connectivity index (χ0) is 23.6. The van der Waals surface area contributed by atoms with Gasteiger partial charge in [0.2, 0.25) is 5.95 Å². The molecule has 0 radical (unpaired) electrons. The van der Waals surface area contributed by atoms with Gasteiger partial charge in [0.1, 0.15) is 11.6 Å². The smallest absolute Gasteiger partial charge is 0.320 e. The van der Waals surface area contributed by atoms with Crippen LogP contribution in [0.4, 0.5) is 10.6 Å². The lowest BCUT2D eigenvalue weighted by Gasteiger charge is -2.14. The maximum absolute atomic E-state index is 12.6. The Labute approximate surface area is 192 Å². The third-order valence-electron chi connectivity index (χ3n) is 5.71. The number of aromatic amines is 1. The SMILES string of the molecule is COc1ccc(CCNC(=O)Nc2cc(C(C)(C)C)nn2-c2nc3c(c(=O)[nH]2)CCC3)cc1. The van der Waals surface area contributed by atoms with Crippen LogP contribution in [0.25, 0.3) is 5.95 Å². The Morgan fingerprint density at radius 3 is 2.67 bits per heavy atom. The van der Waals surface area contributed by atoms with Crippen molar-refractivity contribution < 1.29 is 9.53 Å². The molecule has 0 bridgehead atoms. The van der Waals surface area contributed by atoms with E-state index in [-0.39, 0.29) is 17.0 Å². The normalized spacial score (nSPS) is 13.0. The van der Waals surface area contributed by atoms with Crippen molar-refractivity contribution in [1.82, 2.24) is 25.1 Å². The highest BCUT2D eigenvalue weighted by Crippen LogP contribution is 2.26. The quantitative estimate of drug-likeness (QED) is 0.534.